The van der Waals surface area contributed by atoms with Crippen molar-refractivity contribution in [3.05, 3.63) is 81.8 Å². The Morgan fingerprint density at radius 3 is 2.47 bits per heavy atom. The van der Waals surface area contributed by atoms with Crippen LogP contribution in [0.1, 0.15) is 22.8 Å². The van der Waals surface area contributed by atoms with Crippen LogP contribution < -0.4 is 10.1 Å². The van der Waals surface area contributed by atoms with Crippen LogP contribution in [0.5, 0.6) is 11.5 Å². The van der Waals surface area contributed by atoms with Crippen LogP contribution in [0.25, 0.3) is 10.8 Å². The minimum atomic E-state index is -4.57. The van der Waals surface area contributed by atoms with Crippen LogP contribution in [0.3, 0.4) is 0 Å². The molecule has 0 fully saturated rings. The lowest BCUT2D eigenvalue weighted by Crippen LogP contribution is -2.12. The number of nitrogens with zero attached hydrogens (tertiary/aromatic N) is 2. The highest BCUT2D eigenvalue weighted by atomic mass is 35.5. The van der Waals surface area contributed by atoms with E-state index in [2.05, 4.69) is 15.5 Å². The second-order valence-corrected chi connectivity index (χ2v) is 10.3. The summed E-state index contributed by atoms with van der Waals surface area (Å²) >= 11 is 12.2. The maximum absolute atomic E-state index is 13.2. The zero-order valence-corrected chi connectivity index (χ0v) is 22.4. The summed E-state index contributed by atoms with van der Waals surface area (Å²) in [5.74, 6) is -0.677. The van der Waals surface area contributed by atoms with Gasteiger partial charge in [0.15, 0.2) is 5.75 Å². The van der Waals surface area contributed by atoms with Crippen molar-refractivity contribution in [2.24, 2.45) is 10.2 Å². The fourth-order valence-corrected chi connectivity index (χ4v) is 4.92. The molecule has 0 aliphatic rings. The second-order valence-electron chi connectivity index (χ2n) is 8.10. The molecule has 0 aromatic heterocycles. The van der Waals surface area contributed by atoms with Crippen LogP contribution in [0.15, 0.2) is 75.8 Å². The summed E-state index contributed by atoms with van der Waals surface area (Å²) in [5.41, 5.74) is 0.451. The number of phenols is 1. The third kappa shape index (κ3) is 5.73. The smallest absolute Gasteiger partial charge is 0.294 e. The lowest BCUT2D eigenvalue weighted by molar-refractivity contribution is 0.102. The minimum Gasteiger partial charge on any atom is -0.505 e. The van der Waals surface area contributed by atoms with Gasteiger partial charge in [-0.25, -0.2) is 0 Å². The lowest BCUT2D eigenvalue weighted by Gasteiger charge is -2.12. The first kappa shape index (κ1) is 27.3. The number of nitrogens with one attached hydrogen (secondary N) is 1. The van der Waals surface area contributed by atoms with E-state index in [9.17, 15) is 22.9 Å². The van der Waals surface area contributed by atoms with Crippen molar-refractivity contribution in [3.63, 3.8) is 0 Å². The molecule has 0 heterocycles. The number of carbonyl (C=O) groups excluding carboxylic acids is 1. The molecule has 0 saturated carbocycles. The summed E-state index contributed by atoms with van der Waals surface area (Å²) in [7, 11) is -4.57. The van der Waals surface area contributed by atoms with Crippen LogP contribution in [0, 0.1) is 6.92 Å². The van der Waals surface area contributed by atoms with Gasteiger partial charge in [0.2, 0.25) is 0 Å². The second kappa shape index (κ2) is 11.0. The summed E-state index contributed by atoms with van der Waals surface area (Å²) < 4.78 is 38.4. The van der Waals surface area contributed by atoms with Crippen LogP contribution in [-0.2, 0) is 10.1 Å². The Morgan fingerprint density at radius 1 is 1.03 bits per heavy atom. The fourth-order valence-electron chi connectivity index (χ4n) is 3.71. The van der Waals surface area contributed by atoms with E-state index >= 15 is 0 Å². The Hall–Kier alpha value is -3.70. The van der Waals surface area contributed by atoms with Crippen LogP contribution >= 0.6 is 23.2 Å². The number of halogens is 2. The Bertz CT molecular complexity index is 1710. The number of phenolic OH excluding ortho intramolecular Hbond substituents is 1. The molecule has 0 bridgehead atoms. The monoisotopic (exact) mass is 573 g/mol. The highest BCUT2D eigenvalue weighted by Crippen LogP contribution is 2.40. The Labute approximate surface area is 228 Å². The number of anilines is 1. The SMILES string of the molecule is CCOc1cc(NC(=O)c2cc3ccccc3c(N=Nc3cc(Cl)c(C)c(S(=O)(=O)O)c3)c2O)ccc1Cl. The van der Waals surface area contributed by atoms with Gasteiger partial charge in [0.1, 0.15) is 16.3 Å². The zero-order valence-electron chi connectivity index (χ0n) is 20.1. The van der Waals surface area contributed by atoms with Gasteiger partial charge in [0.25, 0.3) is 16.0 Å². The average Bonchev–Trinajstić information content (AvgIpc) is 2.86. The number of ether oxygens (including phenoxy) is 1. The molecule has 0 unspecified atom stereocenters. The highest BCUT2D eigenvalue weighted by Gasteiger charge is 2.20. The molecule has 196 valence electrons. The molecule has 9 nitrogen and oxygen atoms in total. The third-order valence-electron chi connectivity index (χ3n) is 5.55. The van der Waals surface area contributed by atoms with Gasteiger partial charge in [-0.05, 0) is 55.1 Å². The lowest BCUT2D eigenvalue weighted by atomic mass is 10.0. The van der Waals surface area contributed by atoms with E-state index in [0.717, 1.165) is 6.07 Å². The van der Waals surface area contributed by atoms with E-state index in [1.165, 1.54) is 19.1 Å². The van der Waals surface area contributed by atoms with E-state index in [1.54, 1.807) is 49.4 Å². The zero-order chi connectivity index (χ0) is 27.6. The molecular formula is C26H21Cl2N3O6S. The summed E-state index contributed by atoms with van der Waals surface area (Å²) in [6, 6.07) is 15.6. The molecule has 0 atom stereocenters. The number of amides is 1. The quantitative estimate of drug-likeness (QED) is 0.155. The van der Waals surface area contributed by atoms with E-state index < -0.39 is 26.7 Å². The van der Waals surface area contributed by atoms with Gasteiger partial charge in [-0.3, -0.25) is 9.35 Å². The highest BCUT2D eigenvalue weighted by molar-refractivity contribution is 7.85. The standard InChI is InChI=1S/C26H21Cl2N3O6S/c1-3-37-22-12-16(8-9-20(22)27)29-26(33)19-10-15-6-4-5-7-18(15)24(25(19)32)31-30-17-11-21(28)14(2)23(13-17)38(34,35)36/h4-13,32H,3H2,1-2H3,(H,29,33)(H,34,35,36). The van der Waals surface area contributed by atoms with E-state index in [0.29, 0.717) is 33.8 Å². The predicted molar refractivity (Wildman–Crippen MR) is 146 cm³/mol. The van der Waals surface area contributed by atoms with Crippen molar-refractivity contribution in [1.82, 2.24) is 0 Å². The average molecular weight is 574 g/mol. The number of benzene rings is 4. The molecular weight excluding hydrogens is 553 g/mol. The molecule has 0 radical (unpaired) electrons. The van der Waals surface area contributed by atoms with E-state index in [4.69, 9.17) is 27.9 Å². The number of carbonyl (C=O) groups is 1. The van der Waals surface area contributed by atoms with Crippen molar-refractivity contribution >= 4 is 67.1 Å². The minimum absolute atomic E-state index is 0.0104. The maximum atomic E-state index is 13.2. The van der Waals surface area contributed by atoms with Crippen molar-refractivity contribution in [2.45, 2.75) is 18.7 Å². The van der Waals surface area contributed by atoms with Crippen molar-refractivity contribution in [2.75, 3.05) is 11.9 Å². The molecule has 4 aromatic rings. The number of aromatic hydroxyl groups is 1. The molecule has 4 rings (SSSR count). The molecule has 0 saturated heterocycles. The first-order valence-electron chi connectivity index (χ1n) is 11.2. The van der Waals surface area contributed by atoms with Crippen LogP contribution in [0.4, 0.5) is 17.1 Å². The van der Waals surface area contributed by atoms with E-state index in [-0.39, 0.29) is 27.5 Å². The predicted octanol–water partition coefficient (Wildman–Crippen LogP) is 7.47. The Morgan fingerprint density at radius 2 is 1.76 bits per heavy atom. The van der Waals surface area contributed by atoms with Gasteiger partial charge in [-0.2, -0.15) is 13.5 Å². The summed E-state index contributed by atoms with van der Waals surface area (Å²) in [5, 5.41) is 23.4. The first-order chi connectivity index (χ1) is 18.0. The van der Waals surface area contributed by atoms with Crippen LogP contribution in [0.2, 0.25) is 10.0 Å². The number of rotatable bonds is 7. The fraction of sp³-hybridized carbons (Fsp3) is 0.115. The van der Waals surface area contributed by atoms with Crippen molar-refractivity contribution in [3.8, 4) is 11.5 Å². The van der Waals surface area contributed by atoms with Gasteiger partial charge < -0.3 is 15.2 Å². The molecule has 1 amide bonds. The molecule has 0 aliphatic heterocycles. The summed E-state index contributed by atoms with van der Waals surface area (Å²) in [6.07, 6.45) is 0. The number of hydrogen-bond acceptors (Lipinski definition) is 7. The Balaban J connectivity index is 1.77. The topological polar surface area (TPSA) is 138 Å². The molecule has 3 N–H and O–H groups in total. The molecule has 0 spiro atoms. The number of fused-ring (bicyclic) bond motifs is 1. The number of azo groups is 1. The summed E-state index contributed by atoms with van der Waals surface area (Å²) in [4.78, 5) is 12.7. The maximum Gasteiger partial charge on any atom is 0.294 e. The Kier molecular flexibility index (Phi) is 7.89. The summed E-state index contributed by atoms with van der Waals surface area (Å²) in [6.45, 7) is 3.62. The van der Waals surface area contributed by atoms with E-state index in [1.807, 2.05) is 0 Å². The van der Waals surface area contributed by atoms with Crippen molar-refractivity contribution < 1.29 is 27.6 Å². The third-order valence-corrected chi connectivity index (χ3v) is 7.24. The van der Waals surface area contributed by atoms with Gasteiger partial charge in [-0.15, -0.1) is 5.11 Å². The molecule has 38 heavy (non-hydrogen) atoms. The largest absolute Gasteiger partial charge is 0.505 e. The van der Waals surface area contributed by atoms with Crippen LogP contribution in [-0.4, -0.2) is 30.6 Å². The van der Waals surface area contributed by atoms with Gasteiger partial charge in [-0.1, -0.05) is 47.5 Å². The van der Waals surface area contributed by atoms with Crippen molar-refractivity contribution in [1.29, 1.82) is 0 Å². The normalized spacial score (nSPS) is 11.7. The first-order valence-corrected chi connectivity index (χ1v) is 13.4. The number of hydrogen-bond donors (Lipinski definition) is 3. The molecule has 12 heteroatoms. The molecule has 0 aliphatic carbocycles. The van der Waals surface area contributed by atoms with Gasteiger partial charge in [0, 0.05) is 22.2 Å². The molecule has 4 aromatic carbocycles. The van der Waals surface area contributed by atoms with Gasteiger partial charge >= 0.3 is 0 Å². The van der Waals surface area contributed by atoms with Gasteiger partial charge in [0.05, 0.1) is 22.9 Å².